The van der Waals surface area contributed by atoms with Crippen molar-refractivity contribution in [1.82, 2.24) is 15.0 Å². The number of benzene rings is 1. The molecule has 2 aromatic rings. The predicted molar refractivity (Wildman–Crippen MR) is 79.3 cm³/mol. The summed E-state index contributed by atoms with van der Waals surface area (Å²) in [6, 6.07) is 6.11. The topological polar surface area (TPSA) is 68.5 Å². The van der Waals surface area contributed by atoms with E-state index in [1.807, 2.05) is 0 Å². The summed E-state index contributed by atoms with van der Waals surface area (Å²) in [5.41, 5.74) is 0.679. The van der Waals surface area contributed by atoms with Gasteiger partial charge in [0.1, 0.15) is 5.82 Å². The third-order valence-corrected chi connectivity index (χ3v) is 3.84. The molecule has 1 fully saturated rings. The van der Waals surface area contributed by atoms with Gasteiger partial charge in [0.2, 0.25) is 11.8 Å². The Kier molecular flexibility index (Phi) is 4.66. The highest BCUT2D eigenvalue weighted by Gasteiger charge is 2.35. The third-order valence-electron chi connectivity index (χ3n) is 3.84. The first kappa shape index (κ1) is 15.6. The second-order valence-corrected chi connectivity index (χ2v) is 5.59. The maximum atomic E-state index is 13.1. The first-order valence-electron chi connectivity index (χ1n) is 7.49. The van der Waals surface area contributed by atoms with Crippen LogP contribution in [0.3, 0.4) is 0 Å². The van der Waals surface area contributed by atoms with Gasteiger partial charge in [-0.3, -0.25) is 4.79 Å². The molecule has 122 valence electrons. The molecule has 7 heteroatoms. The van der Waals surface area contributed by atoms with Crippen LogP contribution in [0.5, 0.6) is 0 Å². The Bertz CT molecular complexity index is 683. The van der Waals surface area contributed by atoms with Crippen molar-refractivity contribution in [1.29, 1.82) is 0 Å². The van der Waals surface area contributed by atoms with E-state index < -0.39 is 0 Å². The summed E-state index contributed by atoms with van der Waals surface area (Å²) < 4.78 is 23.3. The number of hydrogen-bond acceptors (Lipinski definition) is 5. The number of hydrogen-bond donors (Lipinski definition) is 0. The average Bonchev–Trinajstić information content (AvgIpc) is 2.92. The fourth-order valence-electron chi connectivity index (χ4n) is 2.50. The summed E-state index contributed by atoms with van der Waals surface area (Å²) in [5, 5.41) is 3.89. The van der Waals surface area contributed by atoms with E-state index in [2.05, 4.69) is 10.1 Å². The fraction of sp³-hybridized carbons (Fsp3) is 0.438. The lowest BCUT2D eigenvalue weighted by Gasteiger charge is -2.37. The zero-order valence-corrected chi connectivity index (χ0v) is 12.9. The summed E-state index contributed by atoms with van der Waals surface area (Å²) in [6.07, 6.45) is 0.808. The molecule has 1 saturated heterocycles. The van der Waals surface area contributed by atoms with E-state index >= 15 is 0 Å². The van der Waals surface area contributed by atoms with Gasteiger partial charge in [-0.2, -0.15) is 4.98 Å². The molecule has 23 heavy (non-hydrogen) atoms. The first-order valence-corrected chi connectivity index (χ1v) is 7.49. The molecular weight excluding hydrogens is 301 g/mol. The minimum atomic E-state index is -0.328. The Balaban J connectivity index is 1.50. The quantitative estimate of drug-likeness (QED) is 0.808. The number of ether oxygens (including phenoxy) is 1. The smallest absolute Gasteiger partial charge is 0.233 e. The van der Waals surface area contributed by atoms with Gasteiger partial charge in [0.05, 0.1) is 18.9 Å². The van der Waals surface area contributed by atoms with Gasteiger partial charge in [-0.25, -0.2) is 4.39 Å². The normalized spacial score (nSPS) is 14.8. The van der Waals surface area contributed by atoms with Crippen LogP contribution in [-0.4, -0.2) is 47.8 Å². The van der Waals surface area contributed by atoms with Gasteiger partial charge in [-0.1, -0.05) is 17.3 Å². The monoisotopic (exact) mass is 319 g/mol. The molecule has 2 heterocycles. The number of nitrogens with zero attached hydrogens (tertiary/aromatic N) is 3. The summed E-state index contributed by atoms with van der Waals surface area (Å²) in [4.78, 5) is 18.2. The zero-order valence-electron chi connectivity index (χ0n) is 12.9. The molecule has 0 aliphatic carbocycles. The van der Waals surface area contributed by atoms with Gasteiger partial charge in [0.15, 0.2) is 5.82 Å². The Hall–Kier alpha value is -2.28. The molecule has 3 rings (SSSR count). The van der Waals surface area contributed by atoms with Crippen LogP contribution in [0.4, 0.5) is 4.39 Å². The summed E-state index contributed by atoms with van der Waals surface area (Å²) in [6.45, 7) is 1.65. The summed E-state index contributed by atoms with van der Waals surface area (Å²) >= 11 is 0. The van der Waals surface area contributed by atoms with E-state index in [-0.39, 0.29) is 24.1 Å². The Labute approximate surface area is 133 Å². The molecule has 1 aromatic heterocycles. The SMILES string of the molecule is COCCc1noc(C2CN(C(=O)Cc3cccc(F)c3)C2)n1. The zero-order chi connectivity index (χ0) is 16.2. The van der Waals surface area contributed by atoms with E-state index in [1.54, 1.807) is 24.1 Å². The predicted octanol–water partition coefficient (Wildman–Crippen LogP) is 1.57. The van der Waals surface area contributed by atoms with Crippen molar-refractivity contribution in [3.8, 4) is 0 Å². The van der Waals surface area contributed by atoms with Crippen molar-refractivity contribution in [2.75, 3.05) is 26.8 Å². The highest BCUT2D eigenvalue weighted by molar-refractivity contribution is 5.79. The minimum absolute atomic E-state index is 0.0222. The van der Waals surface area contributed by atoms with E-state index in [0.29, 0.717) is 43.4 Å². The number of halogens is 1. The average molecular weight is 319 g/mol. The lowest BCUT2D eigenvalue weighted by atomic mass is 9.99. The Morgan fingerprint density at radius 2 is 2.30 bits per heavy atom. The largest absolute Gasteiger partial charge is 0.384 e. The van der Waals surface area contributed by atoms with Crippen LogP contribution in [-0.2, 0) is 22.4 Å². The van der Waals surface area contributed by atoms with Gasteiger partial charge >= 0.3 is 0 Å². The van der Waals surface area contributed by atoms with Crippen LogP contribution >= 0.6 is 0 Å². The maximum Gasteiger partial charge on any atom is 0.233 e. The van der Waals surface area contributed by atoms with Crippen molar-refractivity contribution in [2.45, 2.75) is 18.8 Å². The lowest BCUT2D eigenvalue weighted by Crippen LogP contribution is -2.49. The fourth-order valence-corrected chi connectivity index (χ4v) is 2.50. The van der Waals surface area contributed by atoms with Crippen molar-refractivity contribution >= 4 is 5.91 Å². The van der Waals surface area contributed by atoms with Crippen molar-refractivity contribution in [3.05, 3.63) is 47.4 Å². The van der Waals surface area contributed by atoms with Crippen molar-refractivity contribution in [2.24, 2.45) is 0 Å². The molecular formula is C16H18FN3O3. The van der Waals surface area contributed by atoms with Crippen LogP contribution < -0.4 is 0 Å². The number of carbonyl (C=O) groups excluding carboxylic acids is 1. The molecule has 0 N–H and O–H groups in total. The second-order valence-electron chi connectivity index (χ2n) is 5.59. The molecule has 1 amide bonds. The minimum Gasteiger partial charge on any atom is -0.384 e. The summed E-state index contributed by atoms with van der Waals surface area (Å²) in [7, 11) is 1.62. The number of aromatic nitrogens is 2. The highest BCUT2D eigenvalue weighted by atomic mass is 19.1. The maximum absolute atomic E-state index is 13.1. The van der Waals surface area contributed by atoms with Gasteiger partial charge in [-0.15, -0.1) is 0 Å². The van der Waals surface area contributed by atoms with Crippen LogP contribution in [0.1, 0.15) is 23.2 Å². The van der Waals surface area contributed by atoms with Crippen LogP contribution in [0.25, 0.3) is 0 Å². The lowest BCUT2D eigenvalue weighted by molar-refractivity contribution is -0.135. The molecule has 0 unspecified atom stereocenters. The second kappa shape index (κ2) is 6.87. The van der Waals surface area contributed by atoms with Crippen LogP contribution in [0, 0.1) is 5.82 Å². The Morgan fingerprint density at radius 1 is 1.48 bits per heavy atom. The highest BCUT2D eigenvalue weighted by Crippen LogP contribution is 2.26. The standard InChI is InChI=1S/C16H18FN3O3/c1-22-6-5-14-18-16(23-19-14)12-9-20(10-12)15(21)8-11-3-2-4-13(17)7-11/h2-4,7,12H,5-6,8-10H2,1H3. The van der Waals surface area contributed by atoms with Gasteiger partial charge in [0.25, 0.3) is 0 Å². The number of amides is 1. The molecule has 1 aliphatic rings. The van der Waals surface area contributed by atoms with E-state index in [1.165, 1.54) is 12.1 Å². The van der Waals surface area contributed by atoms with Crippen LogP contribution in [0.15, 0.2) is 28.8 Å². The molecule has 0 bridgehead atoms. The first-order chi connectivity index (χ1) is 11.2. The number of carbonyl (C=O) groups is 1. The van der Waals surface area contributed by atoms with Gasteiger partial charge in [0, 0.05) is 26.6 Å². The molecule has 1 aromatic carbocycles. The number of methoxy groups -OCH3 is 1. The molecule has 0 saturated carbocycles. The molecule has 6 nitrogen and oxygen atoms in total. The number of rotatable bonds is 6. The van der Waals surface area contributed by atoms with Crippen molar-refractivity contribution < 1.29 is 18.4 Å². The Morgan fingerprint density at radius 3 is 3.04 bits per heavy atom. The third kappa shape index (κ3) is 3.73. The molecule has 1 aliphatic heterocycles. The van der Waals surface area contributed by atoms with Crippen molar-refractivity contribution in [3.63, 3.8) is 0 Å². The molecule has 0 atom stereocenters. The van der Waals surface area contributed by atoms with E-state index in [4.69, 9.17) is 9.26 Å². The van der Waals surface area contributed by atoms with Gasteiger partial charge < -0.3 is 14.2 Å². The van der Waals surface area contributed by atoms with Crippen LogP contribution in [0.2, 0.25) is 0 Å². The number of likely N-dealkylation sites (tertiary alicyclic amines) is 1. The van der Waals surface area contributed by atoms with E-state index in [9.17, 15) is 9.18 Å². The molecule has 0 radical (unpaired) electrons. The van der Waals surface area contributed by atoms with Gasteiger partial charge in [-0.05, 0) is 17.7 Å². The van der Waals surface area contributed by atoms with E-state index in [0.717, 1.165) is 0 Å². The summed E-state index contributed by atoms with van der Waals surface area (Å²) in [5.74, 6) is 0.907. The molecule has 0 spiro atoms.